The van der Waals surface area contributed by atoms with Crippen LogP contribution in [0.3, 0.4) is 0 Å². The maximum Gasteiger partial charge on any atom is 0.0459 e. The minimum Gasteiger partial charge on any atom is -0.396 e. The van der Waals surface area contributed by atoms with Gasteiger partial charge in [0.05, 0.1) is 0 Å². The lowest BCUT2D eigenvalue weighted by Gasteiger charge is -2.22. The predicted molar refractivity (Wildman–Crippen MR) is 95.5 cm³/mol. The topological polar surface area (TPSA) is 20.2 Å². The van der Waals surface area contributed by atoms with E-state index in [2.05, 4.69) is 41.5 Å². The van der Waals surface area contributed by atoms with Crippen molar-refractivity contribution in [2.45, 2.75) is 92.9 Å². The maximum absolute atomic E-state index is 9.63. The molecule has 4 unspecified atom stereocenters. The van der Waals surface area contributed by atoms with Crippen LogP contribution in [0.25, 0.3) is 0 Å². The standard InChI is InChI=1S/C20H42O/c1-7-17(4)13-19(6)14-20(15-21)12-11-18(5)10-8-9-16(2)3/h16-21H,7-15H2,1-6H3. The summed E-state index contributed by atoms with van der Waals surface area (Å²) in [6, 6.07) is 0. The largest absolute Gasteiger partial charge is 0.396 e. The second kappa shape index (κ2) is 12.5. The van der Waals surface area contributed by atoms with Crippen molar-refractivity contribution in [1.82, 2.24) is 0 Å². The van der Waals surface area contributed by atoms with Crippen LogP contribution in [0.1, 0.15) is 92.9 Å². The SMILES string of the molecule is CCC(C)CC(C)CC(CO)CCC(C)CCCC(C)C. The molecule has 0 heterocycles. The minimum atomic E-state index is 0.379. The van der Waals surface area contributed by atoms with E-state index in [1.807, 2.05) is 0 Å². The Morgan fingerprint density at radius 1 is 0.714 bits per heavy atom. The van der Waals surface area contributed by atoms with Gasteiger partial charge in [0.1, 0.15) is 0 Å². The van der Waals surface area contributed by atoms with Gasteiger partial charge in [-0.1, -0.05) is 73.6 Å². The van der Waals surface area contributed by atoms with Gasteiger partial charge in [0.15, 0.2) is 0 Å². The van der Waals surface area contributed by atoms with Crippen LogP contribution in [-0.4, -0.2) is 11.7 Å². The minimum absolute atomic E-state index is 0.379. The van der Waals surface area contributed by atoms with Crippen molar-refractivity contribution in [2.24, 2.45) is 29.6 Å². The van der Waals surface area contributed by atoms with Crippen LogP contribution in [0.4, 0.5) is 0 Å². The molecule has 1 nitrogen and oxygen atoms in total. The Morgan fingerprint density at radius 2 is 1.38 bits per heavy atom. The zero-order chi connectivity index (χ0) is 16.3. The summed E-state index contributed by atoms with van der Waals surface area (Å²) in [6.45, 7) is 14.4. The highest BCUT2D eigenvalue weighted by Gasteiger charge is 2.15. The van der Waals surface area contributed by atoms with Crippen LogP contribution in [0, 0.1) is 29.6 Å². The van der Waals surface area contributed by atoms with Gasteiger partial charge in [-0.2, -0.15) is 0 Å². The first-order valence-electron chi connectivity index (χ1n) is 9.49. The summed E-state index contributed by atoms with van der Waals surface area (Å²) in [4.78, 5) is 0. The molecule has 0 saturated heterocycles. The second-order valence-electron chi connectivity index (χ2n) is 8.15. The average Bonchev–Trinajstić information content (AvgIpc) is 2.42. The maximum atomic E-state index is 9.63. The summed E-state index contributed by atoms with van der Waals surface area (Å²) in [5.74, 6) is 3.77. The highest BCUT2D eigenvalue weighted by Crippen LogP contribution is 2.26. The first-order chi connectivity index (χ1) is 9.88. The van der Waals surface area contributed by atoms with E-state index >= 15 is 0 Å². The molecule has 0 bridgehead atoms. The van der Waals surface area contributed by atoms with Crippen molar-refractivity contribution in [1.29, 1.82) is 0 Å². The van der Waals surface area contributed by atoms with Crippen LogP contribution in [0.2, 0.25) is 0 Å². The van der Waals surface area contributed by atoms with Crippen molar-refractivity contribution in [3.63, 3.8) is 0 Å². The monoisotopic (exact) mass is 298 g/mol. The molecule has 0 amide bonds. The number of rotatable bonds is 13. The third kappa shape index (κ3) is 12.2. The summed E-state index contributed by atoms with van der Waals surface area (Å²) in [5, 5.41) is 9.63. The summed E-state index contributed by atoms with van der Waals surface area (Å²) in [6.07, 6.45) is 10.4. The third-order valence-electron chi connectivity index (χ3n) is 5.04. The van der Waals surface area contributed by atoms with Crippen molar-refractivity contribution in [3.8, 4) is 0 Å². The van der Waals surface area contributed by atoms with Gasteiger partial charge < -0.3 is 5.11 Å². The zero-order valence-electron chi connectivity index (χ0n) is 15.7. The van der Waals surface area contributed by atoms with E-state index in [9.17, 15) is 5.11 Å². The first-order valence-corrected chi connectivity index (χ1v) is 9.49. The van der Waals surface area contributed by atoms with Crippen LogP contribution in [0.15, 0.2) is 0 Å². The van der Waals surface area contributed by atoms with Gasteiger partial charge in [-0.05, 0) is 48.9 Å². The molecular formula is C20H42O. The molecule has 0 spiro atoms. The molecule has 4 atom stereocenters. The molecule has 0 aromatic carbocycles. The average molecular weight is 299 g/mol. The molecule has 0 saturated carbocycles. The van der Waals surface area contributed by atoms with Gasteiger partial charge in [0.2, 0.25) is 0 Å². The molecule has 0 aliphatic rings. The lowest BCUT2D eigenvalue weighted by Crippen LogP contribution is -2.14. The second-order valence-corrected chi connectivity index (χ2v) is 8.15. The lowest BCUT2D eigenvalue weighted by atomic mass is 9.84. The number of aliphatic hydroxyl groups is 1. The van der Waals surface area contributed by atoms with Crippen molar-refractivity contribution in [3.05, 3.63) is 0 Å². The summed E-state index contributed by atoms with van der Waals surface area (Å²) in [5.41, 5.74) is 0. The van der Waals surface area contributed by atoms with E-state index in [-0.39, 0.29) is 0 Å². The van der Waals surface area contributed by atoms with Gasteiger partial charge in [-0.15, -0.1) is 0 Å². The van der Waals surface area contributed by atoms with E-state index in [4.69, 9.17) is 0 Å². The molecule has 0 aliphatic heterocycles. The Bertz CT molecular complexity index is 224. The molecule has 1 N–H and O–H groups in total. The van der Waals surface area contributed by atoms with E-state index in [0.29, 0.717) is 12.5 Å². The van der Waals surface area contributed by atoms with Gasteiger partial charge in [0.25, 0.3) is 0 Å². The quantitative estimate of drug-likeness (QED) is 0.423. The van der Waals surface area contributed by atoms with Crippen LogP contribution < -0.4 is 0 Å². The normalized spacial score (nSPS) is 17.7. The summed E-state index contributed by atoms with van der Waals surface area (Å²) < 4.78 is 0. The fourth-order valence-electron chi connectivity index (χ4n) is 3.34. The predicted octanol–water partition coefficient (Wildman–Crippen LogP) is 6.30. The number of hydrogen-bond donors (Lipinski definition) is 1. The molecule has 21 heavy (non-hydrogen) atoms. The van der Waals surface area contributed by atoms with Crippen LogP contribution >= 0.6 is 0 Å². The Labute approximate surface area is 134 Å². The summed E-state index contributed by atoms with van der Waals surface area (Å²) in [7, 11) is 0. The Hall–Kier alpha value is -0.0400. The van der Waals surface area contributed by atoms with E-state index in [0.717, 1.165) is 23.7 Å². The van der Waals surface area contributed by atoms with Crippen molar-refractivity contribution in [2.75, 3.05) is 6.61 Å². The molecule has 1 heteroatoms. The molecule has 128 valence electrons. The highest BCUT2D eigenvalue weighted by molar-refractivity contribution is 4.67. The number of hydrogen-bond acceptors (Lipinski definition) is 1. The molecule has 0 fully saturated rings. The van der Waals surface area contributed by atoms with Crippen molar-refractivity contribution < 1.29 is 5.11 Å². The van der Waals surface area contributed by atoms with Gasteiger partial charge in [0, 0.05) is 6.61 Å². The van der Waals surface area contributed by atoms with Crippen LogP contribution in [0.5, 0.6) is 0 Å². The Balaban J connectivity index is 3.87. The molecular weight excluding hydrogens is 256 g/mol. The lowest BCUT2D eigenvalue weighted by molar-refractivity contribution is 0.180. The Morgan fingerprint density at radius 3 is 1.90 bits per heavy atom. The molecule has 0 rings (SSSR count). The molecule has 0 aliphatic carbocycles. The number of aliphatic hydroxyl groups excluding tert-OH is 1. The van der Waals surface area contributed by atoms with E-state index in [1.165, 1.54) is 51.4 Å². The van der Waals surface area contributed by atoms with Gasteiger partial charge in [-0.3, -0.25) is 0 Å². The Kier molecular flexibility index (Phi) is 12.5. The first kappa shape index (κ1) is 21.0. The van der Waals surface area contributed by atoms with Crippen molar-refractivity contribution >= 4 is 0 Å². The molecule has 0 aromatic heterocycles. The fourth-order valence-corrected chi connectivity index (χ4v) is 3.34. The highest BCUT2D eigenvalue weighted by atomic mass is 16.3. The molecule has 0 radical (unpaired) electrons. The van der Waals surface area contributed by atoms with Crippen LogP contribution in [-0.2, 0) is 0 Å². The zero-order valence-corrected chi connectivity index (χ0v) is 15.7. The fraction of sp³-hybridized carbons (Fsp3) is 1.00. The molecule has 0 aromatic rings. The van der Waals surface area contributed by atoms with E-state index < -0.39 is 0 Å². The summed E-state index contributed by atoms with van der Waals surface area (Å²) >= 11 is 0. The van der Waals surface area contributed by atoms with Gasteiger partial charge in [-0.25, -0.2) is 0 Å². The third-order valence-corrected chi connectivity index (χ3v) is 5.04. The smallest absolute Gasteiger partial charge is 0.0459 e. The van der Waals surface area contributed by atoms with Gasteiger partial charge >= 0.3 is 0 Å². The van der Waals surface area contributed by atoms with E-state index in [1.54, 1.807) is 0 Å².